The van der Waals surface area contributed by atoms with E-state index in [1.165, 1.54) is 5.56 Å². The second kappa shape index (κ2) is 6.58. The lowest BCUT2D eigenvalue weighted by atomic mass is 9.96. The predicted molar refractivity (Wildman–Crippen MR) is 78.1 cm³/mol. The van der Waals surface area contributed by atoms with Gasteiger partial charge >= 0.3 is 0 Å². The van der Waals surface area contributed by atoms with Gasteiger partial charge in [-0.2, -0.15) is 5.26 Å². The maximum atomic E-state index is 8.96. The number of para-hydroxylation sites is 1. The summed E-state index contributed by atoms with van der Waals surface area (Å²) in [4.78, 5) is 0. The molecule has 0 heterocycles. The molecule has 1 aromatic rings. The van der Waals surface area contributed by atoms with Crippen molar-refractivity contribution in [1.29, 1.82) is 5.26 Å². The molecule has 0 aromatic heterocycles. The quantitative estimate of drug-likeness (QED) is 0.850. The smallest absolute Gasteiger partial charge is 0.123 e. The summed E-state index contributed by atoms with van der Waals surface area (Å²) in [6.07, 6.45) is 1.50. The summed E-state index contributed by atoms with van der Waals surface area (Å²) in [5.41, 5.74) is 6.23. The summed E-state index contributed by atoms with van der Waals surface area (Å²) < 4.78 is 5.98. The van der Waals surface area contributed by atoms with Crippen LogP contribution in [-0.2, 0) is 0 Å². The van der Waals surface area contributed by atoms with E-state index in [4.69, 9.17) is 15.7 Å². The van der Waals surface area contributed by atoms with E-state index in [-0.39, 0.29) is 6.10 Å². The summed E-state index contributed by atoms with van der Waals surface area (Å²) >= 11 is 0. The molecule has 0 aliphatic carbocycles. The highest BCUT2D eigenvalue weighted by Gasteiger charge is 2.22. The first-order valence-corrected chi connectivity index (χ1v) is 6.85. The fraction of sp³-hybridized carbons (Fsp3) is 0.562. The number of hydrogen-bond acceptors (Lipinski definition) is 3. The van der Waals surface area contributed by atoms with Crippen LogP contribution in [0.2, 0.25) is 0 Å². The Morgan fingerprint density at radius 3 is 2.58 bits per heavy atom. The Kier molecular flexibility index (Phi) is 5.38. The van der Waals surface area contributed by atoms with E-state index < -0.39 is 5.54 Å². The van der Waals surface area contributed by atoms with Gasteiger partial charge in [-0.25, -0.2) is 0 Å². The third-order valence-electron chi connectivity index (χ3n) is 3.36. The molecular weight excluding hydrogens is 236 g/mol. The van der Waals surface area contributed by atoms with E-state index >= 15 is 0 Å². The van der Waals surface area contributed by atoms with Crippen LogP contribution < -0.4 is 10.5 Å². The first-order valence-electron chi connectivity index (χ1n) is 6.85. The minimum Gasteiger partial charge on any atom is -0.490 e. The summed E-state index contributed by atoms with van der Waals surface area (Å²) in [6, 6.07) is 10.2. The zero-order valence-corrected chi connectivity index (χ0v) is 12.3. The van der Waals surface area contributed by atoms with Gasteiger partial charge in [0.25, 0.3) is 0 Å². The van der Waals surface area contributed by atoms with Crippen LogP contribution in [0.1, 0.15) is 52.0 Å². The fourth-order valence-electron chi connectivity index (χ4n) is 2.12. The predicted octanol–water partition coefficient (Wildman–Crippen LogP) is 3.60. The zero-order valence-electron chi connectivity index (χ0n) is 12.3. The number of nitrogens with two attached hydrogens (primary N) is 1. The van der Waals surface area contributed by atoms with E-state index in [1.54, 1.807) is 6.92 Å². The normalized spacial score (nSPS) is 17.1. The van der Waals surface area contributed by atoms with Gasteiger partial charge in [-0.15, -0.1) is 0 Å². The van der Waals surface area contributed by atoms with Gasteiger partial charge in [0.2, 0.25) is 0 Å². The topological polar surface area (TPSA) is 59.0 Å². The van der Waals surface area contributed by atoms with Gasteiger partial charge in [0.15, 0.2) is 0 Å². The minimum absolute atomic E-state index is 0.0835. The van der Waals surface area contributed by atoms with Crippen molar-refractivity contribution < 1.29 is 4.74 Å². The van der Waals surface area contributed by atoms with E-state index in [9.17, 15) is 0 Å². The van der Waals surface area contributed by atoms with Gasteiger partial charge in [-0.05, 0) is 37.8 Å². The highest BCUT2D eigenvalue weighted by molar-refractivity contribution is 5.36. The summed E-state index contributed by atoms with van der Waals surface area (Å²) in [6.45, 7) is 8.04. The van der Waals surface area contributed by atoms with Crippen LogP contribution in [0.4, 0.5) is 0 Å². The van der Waals surface area contributed by atoms with Crippen molar-refractivity contribution in [1.82, 2.24) is 0 Å². The molecule has 104 valence electrons. The minimum atomic E-state index is -0.843. The molecule has 0 radical (unpaired) electrons. The van der Waals surface area contributed by atoms with Crippen molar-refractivity contribution in [3.63, 3.8) is 0 Å². The van der Waals surface area contributed by atoms with Crippen molar-refractivity contribution in [2.75, 3.05) is 0 Å². The number of nitrogens with zero attached hydrogens (tertiary/aromatic N) is 1. The third kappa shape index (κ3) is 4.57. The van der Waals surface area contributed by atoms with Gasteiger partial charge in [-0.1, -0.05) is 32.0 Å². The zero-order chi connectivity index (χ0) is 14.5. The van der Waals surface area contributed by atoms with Gasteiger partial charge < -0.3 is 10.5 Å². The largest absolute Gasteiger partial charge is 0.490 e. The molecule has 0 spiro atoms. The van der Waals surface area contributed by atoms with Crippen molar-refractivity contribution in [2.45, 2.75) is 58.1 Å². The number of ether oxygens (including phenoxy) is 1. The fourth-order valence-corrected chi connectivity index (χ4v) is 2.12. The van der Waals surface area contributed by atoms with Crippen LogP contribution in [0.15, 0.2) is 24.3 Å². The van der Waals surface area contributed by atoms with Crippen LogP contribution in [0, 0.1) is 11.3 Å². The van der Waals surface area contributed by atoms with Crippen LogP contribution in [0.25, 0.3) is 0 Å². The van der Waals surface area contributed by atoms with Crippen molar-refractivity contribution >= 4 is 0 Å². The first-order chi connectivity index (χ1) is 8.89. The first kappa shape index (κ1) is 15.5. The molecule has 2 N–H and O–H groups in total. The maximum absolute atomic E-state index is 8.96. The molecule has 3 heteroatoms. The second-order valence-corrected chi connectivity index (χ2v) is 5.51. The van der Waals surface area contributed by atoms with Crippen molar-refractivity contribution in [2.24, 2.45) is 5.73 Å². The Hall–Kier alpha value is -1.53. The molecule has 0 saturated heterocycles. The van der Waals surface area contributed by atoms with E-state index in [0.717, 1.165) is 12.2 Å². The Balaban J connectivity index is 2.80. The number of rotatable bonds is 6. The van der Waals surface area contributed by atoms with E-state index in [0.29, 0.717) is 12.3 Å². The lowest BCUT2D eigenvalue weighted by Gasteiger charge is -2.24. The highest BCUT2D eigenvalue weighted by Crippen LogP contribution is 2.29. The van der Waals surface area contributed by atoms with Gasteiger partial charge in [0, 0.05) is 6.42 Å². The molecule has 0 amide bonds. The Morgan fingerprint density at radius 2 is 2.00 bits per heavy atom. The lowest BCUT2D eigenvalue weighted by Crippen LogP contribution is -2.38. The highest BCUT2D eigenvalue weighted by atomic mass is 16.5. The molecule has 3 nitrogen and oxygen atoms in total. The number of hydrogen-bond donors (Lipinski definition) is 1. The molecule has 0 aliphatic heterocycles. The lowest BCUT2D eigenvalue weighted by molar-refractivity contribution is 0.189. The average molecular weight is 260 g/mol. The molecule has 0 bridgehead atoms. The van der Waals surface area contributed by atoms with E-state index in [2.05, 4.69) is 26.0 Å². The Morgan fingerprint density at radius 1 is 1.37 bits per heavy atom. The van der Waals surface area contributed by atoms with Gasteiger partial charge in [0.05, 0.1) is 12.2 Å². The van der Waals surface area contributed by atoms with Gasteiger partial charge in [0.1, 0.15) is 11.3 Å². The average Bonchev–Trinajstić information content (AvgIpc) is 2.37. The molecule has 0 fully saturated rings. The number of nitriles is 1. The molecule has 1 aromatic carbocycles. The standard InChI is InChI=1S/C16H24N2O/c1-5-12(2)14-8-6-7-9-15(14)19-13(3)10-16(4,18)11-17/h6-9,12-13H,5,10,18H2,1-4H3. The van der Waals surface area contributed by atoms with Gasteiger partial charge in [-0.3, -0.25) is 0 Å². The van der Waals surface area contributed by atoms with Crippen LogP contribution in [0.3, 0.4) is 0 Å². The van der Waals surface area contributed by atoms with Crippen LogP contribution >= 0.6 is 0 Å². The third-order valence-corrected chi connectivity index (χ3v) is 3.36. The van der Waals surface area contributed by atoms with Crippen molar-refractivity contribution in [3.8, 4) is 11.8 Å². The maximum Gasteiger partial charge on any atom is 0.123 e. The van der Waals surface area contributed by atoms with Crippen LogP contribution in [-0.4, -0.2) is 11.6 Å². The second-order valence-electron chi connectivity index (χ2n) is 5.51. The monoisotopic (exact) mass is 260 g/mol. The SMILES string of the molecule is CCC(C)c1ccccc1OC(C)CC(C)(N)C#N. The Labute approximate surface area is 116 Å². The van der Waals surface area contributed by atoms with Crippen molar-refractivity contribution in [3.05, 3.63) is 29.8 Å². The molecule has 1 rings (SSSR count). The molecule has 0 aliphatic rings. The number of benzene rings is 1. The molecule has 19 heavy (non-hydrogen) atoms. The summed E-state index contributed by atoms with van der Waals surface area (Å²) in [5, 5.41) is 8.96. The summed E-state index contributed by atoms with van der Waals surface area (Å²) in [5.74, 6) is 1.36. The molecule has 3 atom stereocenters. The van der Waals surface area contributed by atoms with E-state index in [1.807, 2.05) is 25.1 Å². The van der Waals surface area contributed by atoms with Crippen LogP contribution in [0.5, 0.6) is 5.75 Å². The molecule has 3 unspecified atom stereocenters. The molecule has 0 saturated carbocycles. The summed E-state index contributed by atoms with van der Waals surface area (Å²) in [7, 11) is 0. The molecular formula is C16H24N2O. The Bertz CT molecular complexity index is 448.